The highest BCUT2D eigenvalue weighted by Crippen LogP contribution is 2.31. The first-order chi connectivity index (χ1) is 8.95. The molecule has 1 aliphatic heterocycles. The second-order valence-corrected chi connectivity index (χ2v) is 6.02. The summed E-state index contributed by atoms with van der Waals surface area (Å²) in [5.74, 6) is 0.535. The van der Waals surface area contributed by atoms with E-state index in [4.69, 9.17) is 0 Å². The maximum absolute atomic E-state index is 12.1. The number of hydrogen-bond donors (Lipinski definition) is 1. The average Bonchev–Trinajstić information content (AvgIpc) is 2.30. The number of carbonyl (C=O) groups excluding carboxylic acids is 3. The number of imide groups is 1. The molecule has 4 heteroatoms. The Morgan fingerprint density at radius 2 is 1.74 bits per heavy atom. The number of Topliss-reactive ketones (excluding diaryl/α,β-unsaturated/α-hetero) is 1. The van der Waals surface area contributed by atoms with Gasteiger partial charge in [0.1, 0.15) is 0 Å². The first kappa shape index (κ1) is 14.0. The molecule has 2 amide bonds. The Kier molecular flexibility index (Phi) is 4.17. The lowest BCUT2D eigenvalue weighted by molar-refractivity contribution is -0.134. The summed E-state index contributed by atoms with van der Waals surface area (Å²) in [6, 6.07) is 0. The number of allylic oxidation sites excluding steroid dienone is 2. The SMILES string of the molecule is CC1C/C(=C\CC2CC(=O)NC(=O)C2)C(=O)C(C)C1. The third kappa shape index (κ3) is 3.52. The zero-order valence-electron chi connectivity index (χ0n) is 11.6. The van der Waals surface area contributed by atoms with Crippen molar-refractivity contribution < 1.29 is 14.4 Å². The fourth-order valence-electron chi connectivity index (χ4n) is 3.10. The molecule has 2 aliphatic rings. The number of ketones is 1. The Balaban J connectivity index is 1.99. The van der Waals surface area contributed by atoms with Crippen molar-refractivity contribution in [2.45, 2.75) is 46.0 Å². The summed E-state index contributed by atoms with van der Waals surface area (Å²) in [5.41, 5.74) is 0.893. The lowest BCUT2D eigenvalue weighted by Crippen LogP contribution is -2.38. The number of rotatable bonds is 2. The van der Waals surface area contributed by atoms with Crippen LogP contribution in [-0.4, -0.2) is 17.6 Å². The molecule has 1 saturated carbocycles. The van der Waals surface area contributed by atoms with E-state index >= 15 is 0 Å². The highest BCUT2D eigenvalue weighted by atomic mass is 16.2. The second kappa shape index (κ2) is 5.68. The number of piperidine rings is 1. The topological polar surface area (TPSA) is 63.2 Å². The molecule has 0 radical (unpaired) electrons. The summed E-state index contributed by atoms with van der Waals surface area (Å²) < 4.78 is 0. The van der Waals surface area contributed by atoms with Gasteiger partial charge in [-0.05, 0) is 36.7 Å². The minimum absolute atomic E-state index is 0.0501. The van der Waals surface area contributed by atoms with Gasteiger partial charge in [-0.25, -0.2) is 0 Å². The van der Waals surface area contributed by atoms with Crippen LogP contribution in [-0.2, 0) is 14.4 Å². The summed E-state index contributed by atoms with van der Waals surface area (Å²) in [6.45, 7) is 4.14. The van der Waals surface area contributed by atoms with Crippen molar-refractivity contribution in [3.8, 4) is 0 Å². The predicted octanol–water partition coefficient (Wildman–Crippen LogP) is 1.99. The zero-order chi connectivity index (χ0) is 14.0. The van der Waals surface area contributed by atoms with Gasteiger partial charge in [-0.3, -0.25) is 19.7 Å². The number of carbonyl (C=O) groups is 3. The van der Waals surface area contributed by atoms with Gasteiger partial charge in [-0.1, -0.05) is 19.9 Å². The summed E-state index contributed by atoms with van der Waals surface area (Å²) in [4.78, 5) is 34.6. The normalized spacial score (nSPS) is 31.7. The second-order valence-electron chi connectivity index (χ2n) is 6.02. The molecule has 104 valence electrons. The van der Waals surface area contributed by atoms with Gasteiger partial charge in [-0.15, -0.1) is 0 Å². The fraction of sp³-hybridized carbons (Fsp3) is 0.667. The first-order valence-corrected chi connectivity index (χ1v) is 7.01. The predicted molar refractivity (Wildman–Crippen MR) is 71.1 cm³/mol. The van der Waals surface area contributed by atoms with Gasteiger partial charge in [0, 0.05) is 18.8 Å². The molecule has 2 rings (SSSR count). The van der Waals surface area contributed by atoms with E-state index < -0.39 is 0 Å². The van der Waals surface area contributed by atoms with E-state index in [0.717, 1.165) is 18.4 Å². The van der Waals surface area contributed by atoms with Gasteiger partial charge in [-0.2, -0.15) is 0 Å². The quantitative estimate of drug-likeness (QED) is 0.612. The largest absolute Gasteiger partial charge is 0.296 e. The minimum atomic E-state index is -0.198. The highest BCUT2D eigenvalue weighted by Gasteiger charge is 2.28. The third-order valence-corrected chi connectivity index (χ3v) is 4.01. The van der Waals surface area contributed by atoms with Crippen molar-refractivity contribution in [2.24, 2.45) is 17.8 Å². The summed E-state index contributed by atoms with van der Waals surface area (Å²) >= 11 is 0. The van der Waals surface area contributed by atoms with Crippen LogP contribution in [0.4, 0.5) is 0 Å². The lowest BCUT2D eigenvalue weighted by atomic mass is 9.78. The van der Waals surface area contributed by atoms with Gasteiger partial charge < -0.3 is 0 Å². The van der Waals surface area contributed by atoms with Gasteiger partial charge >= 0.3 is 0 Å². The van der Waals surface area contributed by atoms with Crippen molar-refractivity contribution in [1.29, 1.82) is 0 Å². The van der Waals surface area contributed by atoms with Crippen LogP contribution in [0.25, 0.3) is 0 Å². The Bertz CT molecular complexity index is 423. The Hall–Kier alpha value is -1.45. The Labute approximate surface area is 113 Å². The summed E-state index contributed by atoms with van der Waals surface area (Å²) in [7, 11) is 0. The Morgan fingerprint density at radius 3 is 2.37 bits per heavy atom. The lowest BCUT2D eigenvalue weighted by Gasteiger charge is -2.26. The molecular formula is C15H21NO3. The van der Waals surface area contributed by atoms with Gasteiger partial charge in [0.25, 0.3) is 0 Å². The average molecular weight is 263 g/mol. The number of nitrogens with one attached hydrogen (secondary N) is 1. The standard InChI is InChI=1S/C15H21NO3/c1-9-5-10(2)15(19)12(6-9)4-3-11-7-13(17)16-14(18)8-11/h4,9-11H,3,5-8H2,1-2H3,(H,16,17,18)/b12-4+. The van der Waals surface area contributed by atoms with E-state index in [2.05, 4.69) is 12.2 Å². The van der Waals surface area contributed by atoms with E-state index in [9.17, 15) is 14.4 Å². The van der Waals surface area contributed by atoms with E-state index in [1.54, 1.807) is 0 Å². The van der Waals surface area contributed by atoms with Gasteiger partial charge in [0.05, 0.1) is 0 Å². The number of amides is 2. The van der Waals surface area contributed by atoms with Crippen LogP contribution in [0.15, 0.2) is 11.6 Å². The maximum Gasteiger partial charge on any atom is 0.226 e. The van der Waals surface area contributed by atoms with Crippen LogP contribution in [0.2, 0.25) is 0 Å². The molecule has 1 saturated heterocycles. The first-order valence-electron chi connectivity index (χ1n) is 7.01. The van der Waals surface area contributed by atoms with Crippen molar-refractivity contribution in [1.82, 2.24) is 5.32 Å². The van der Waals surface area contributed by atoms with Crippen LogP contribution < -0.4 is 5.32 Å². The third-order valence-electron chi connectivity index (χ3n) is 4.01. The summed E-state index contributed by atoms with van der Waals surface area (Å²) in [5, 5.41) is 2.30. The van der Waals surface area contributed by atoms with Crippen molar-refractivity contribution >= 4 is 17.6 Å². The van der Waals surface area contributed by atoms with Gasteiger partial charge in [0.2, 0.25) is 11.8 Å². The van der Waals surface area contributed by atoms with E-state index in [1.807, 2.05) is 13.0 Å². The van der Waals surface area contributed by atoms with E-state index in [-0.39, 0.29) is 29.4 Å². The van der Waals surface area contributed by atoms with Crippen LogP contribution in [0, 0.1) is 17.8 Å². The van der Waals surface area contributed by atoms with Crippen LogP contribution >= 0.6 is 0 Å². The molecule has 4 nitrogen and oxygen atoms in total. The summed E-state index contributed by atoms with van der Waals surface area (Å²) in [6.07, 6.45) is 5.17. The van der Waals surface area contributed by atoms with Crippen molar-refractivity contribution in [3.05, 3.63) is 11.6 Å². The zero-order valence-corrected chi connectivity index (χ0v) is 11.6. The molecule has 19 heavy (non-hydrogen) atoms. The van der Waals surface area contributed by atoms with Crippen molar-refractivity contribution in [3.63, 3.8) is 0 Å². The minimum Gasteiger partial charge on any atom is -0.296 e. The molecule has 0 aromatic rings. The van der Waals surface area contributed by atoms with E-state index in [0.29, 0.717) is 25.2 Å². The monoisotopic (exact) mass is 263 g/mol. The highest BCUT2D eigenvalue weighted by molar-refractivity contribution is 5.98. The molecule has 0 bridgehead atoms. The van der Waals surface area contributed by atoms with E-state index in [1.165, 1.54) is 0 Å². The molecule has 0 aromatic heterocycles. The molecule has 1 heterocycles. The van der Waals surface area contributed by atoms with Crippen molar-refractivity contribution in [2.75, 3.05) is 0 Å². The molecule has 0 spiro atoms. The molecule has 1 N–H and O–H groups in total. The smallest absolute Gasteiger partial charge is 0.226 e. The molecule has 2 unspecified atom stereocenters. The fourth-order valence-corrected chi connectivity index (χ4v) is 3.10. The number of hydrogen-bond acceptors (Lipinski definition) is 3. The van der Waals surface area contributed by atoms with Crippen LogP contribution in [0.1, 0.15) is 46.0 Å². The maximum atomic E-state index is 12.1. The van der Waals surface area contributed by atoms with Crippen LogP contribution in [0.5, 0.6) is 0 Å². The molecule has 2 fully saturated rings. The molecular weight excluding hydrogens is 242 g/mol. The molecule has 0 aromatic carbocycles. The Morgan fingerprint density at radius 1 is 1.11 bits per heavy atom. The molecule has 2 atom stereocenters. The van der Waals surface area contributed by atoms with Crippen LogP contribution in [0.3, 0.4) is 0 Å². The van der Waals surface area contributed by atoms with Gasteiger partial charge in [0.15, 0.2) is 5.78 Å². The molecule has 1 aliphatic carbocycles.